The lowest BCUT2D eigenvalue weighted by molar-refractivity contribution is 0.319. The van der Waals surface area contributed by atoms with Gasteiger partial charge in [-0.05, 0) is 72.2 Å². The van der Waals surface area contributed by atoms with E-state index < -0.39 is 0 Å². The first-order valence-corrected chi connectivity index (χ1v) is 11.1. The van der Waals surface area contributed by atoms with Crippen LogP contribution in [0.4, 0.5) is 0 Å². The lowest BCUT2D eigenvalue weighted by Crippen LogP contribution is -2.10. The van der Waals surface area contributed by atoms with Crippen molar-refractivity contribution in [2.24, 2.45) is 0 Å². The molecule has 0 aliphatic heterocycles. The second-order valence-electron chi connectivity index (χ2n) is 7.10. The van der Waals surface area contributed by atoms with E-state index in [1.54, 1.807) is 18.7 Å². The highest BCUT2D eigenvalue weighted by molar-refractivity contribution is 7.98. The first kappa shape index (κ1) is 20.7. The van der Waals surface area contributed by atoms with Gasteiger partial charge in [-0.3, -0.25) is 4.79 Å². The zero-order chi connectivity index (χ0) is 20.3. The van der Waals surface area contributed by atoms with Crippen molar-refractivity contribution >= 4 is 34.3 Å². The zero-order valence-corrected chi connectivity index (χ0v) is 18.2. The summed E-state index contributed by atoms with van der Waals surface area (Å²) < 4.78 is 5.90. The normalized spacial score (nSPS) is 11.4. The van der Waals surface area contributed by atoms with Crippen LogP contribution in [0.1, 0.15) is 37.6 Å². The molecule has 3 rings (SSSR count). The fourth-order valence-electron chi connectivity index (χ4n) is 3.21. The smallest absolute Gasteiger partial charge is 0.258 e. The van der Waals surface area contributed by atoms with Crippen molar-refractivity contribution in [3.63, 3.8) is 0 Å². The monoisotopic (exact) mass is 416 g/mol. The van der Waals surface area contributed by atoms with Crippen LogP contribution in [0.5, 0.6) is 5.75 Å². The predicted molar refractivity (Wildman–Crippen MR) is 120 cm³/mol. The van der Waals surface area contributed by atoms with E-state index in [0.717, 1.165) is 34.4 Å². The van der Waals surface area contributed by atoms with Gasteiger partial charge in [-0.25, -0.2) is 4.98 Å². The van der Waals surface area contributed by atoms with Crippen LogP contribution in [-0.4, -0.2) is 28.6 Å². The minimum atomic E-state index is -0.124. The van der Waals surface area contributed by atoms with Gasteiger partial charge in [0.05, 0.1) is 22.5 Å². The second-order valence-corrected chi connectivity index (χ2v) is 8.50. The van der Waals surface area contributed by atoms with Crippen LogP contribution in [0.3, 0.4) is 0 Å². The number of thioether (sulfide) groups is 1. The Bertz CT molecular complexity index is 1050. The van der Waals surface area contributed by atoms with E-state index in [4.69, 9.17) is 16.3 Å². The molecule has 1 heterocycles. The number of hydrogen-bond acceptors (Lipinski definition) is 4. The molecule has 0 amide bonds. The highest BCUT2D eigenvalue weighted by Gasteiger charge is 2.15. The van der Waals surface area contributed by atoms with Crippen molar-refractivity contribution in [2.75, 3.05) is 18.6 Å². The summed E-state index contributed by atoms with van der Waals surface area (Å²) in [6.45, 7) is 6.70. The molecule has 0 aliphatic rings. The number of nitrogens with one attached hydrogen (secondary N) is 1. The Labute approximate surface area is 174 Å². The van der Waals surface area contributed by atoms with Crippen molar-refractivity contribution in [1.29, 1.82) is 0 Å². The van der Waals surface area contributed by atoms with Gasteiger partial charge in [0.25, 0.3) is 5.56 Å². The Morgan fingerprint density at radius 1 is 1.25 bits per heavy atom. The number of H-pyrrole nitrogens is 1. The topological polar surface area (TPSA) is 55.0 Å². The lowest BCUT2D eigenvalue weighted by atomic mass is 9.91. The number of aromatic amines is 1. The van der Waals surface area contributed by atoms with Gasteiger partial charge in [0.15, 0.2) is 0 Å². The number of aryl methyl sites for hydroxylation is 1. The molecule has 3 aromatic rings. The quantitative estimate of drug-likeness (QED) is 0.494. The molecular formula is C22H25ClN2O2S. The van der Waals surface area contributed by atoms with Gasteiger partial charge < -0.3 is 9.72 Å². The maximum atomic E-state index is 12.4. The molecule has 0 fully saturated rings. The number of aromatic nitrogens is 2. The van der Waals surface area contributed by atoms with Gasteiger partial charge in [0.1, 0.15) is 11.6 Å². The molecule has 0 aliphatic carbocycles. The van der Waals surface area contributed by atoms with Crippen molar-refractivity contribution in [2.45, 2.75) is 33.1 Å². The van der Waals surface area contributed by atoms with Crippen molar-refractivity contribution < 1.29 is 4.74 Å². The number of ether oxygens (including phenoxy) is 1. The first-order chi connectivity index (χ1) is 13.4. The molecule has 6 heteroatoms. The highest BCUT2D eigenvalue weighted by atomic mass is 35.5. The number of rotatable bonds is 7. The third-order valence-corrected chi connectivity index (χ3v) is 5.62. The van der Waals surface area contributed by atoms with Crippen molar-refractivity contribution in [3.8, 4) is 16.9 Å². The van der Waals surface area contributed by atoms with E-state index in [9.17, 15) is 4.79 Å². The molecule has 0 bridgehead atoms. The molecule has 4 nitrogen and oxygen atoms in total. The van der Waals surface area contributed by atoms with Gasteiger partial charge in [0.2, 0.25) is 0 Å². The SMILES string of the molecule is CSCCCOc1cc(-c2cc3c(=O)[nH]c(C)nc3cc2C(C)C)ccc1Cl. The molecule has 0 saturated carbocycles. The molecule has 1 aromatic heterocycles. The minimum absolute atomic E-state index is 0.124. The van der Waals surface area contributed by atoms with Gasteiger partial charge >= 0.3 is 0 Å². The zero-order valence-electron chi connectivity index (χ0n) is 16.6. The first-order valence-electron chi connectivity index (χ1n) is 9.37. The molecule has 0 saturated heterocycles. The van der Waals surface area contributed by atoms with Crippen LogP contribution in [0, 0.1) is 6.92 Å². The Morgan fingerprint density at radius 2 is 2.04 bits per heavy atom. The van der Waals surface area contributed by atoms with Crippen molar-refractivity contribution in [3.05, 3.63) is 57.1 Å². The number of halogens is 1. The van der Waals surface area contributed by atoms with E-state index >= 15 is 0 Å². The fraction of sp³-hybridized carbons (Fsp3) is 0.364. The predicted octanol–water partition coefficient (Wildman–Crippen LogP) is 5.81. The standard InChI is InChI=1S/C22H25ClN2O2S/c1-13(2)16-12-20-18(22(26)25-14(3)24-20)11-17(16)15-6-7-19(23)21(10-15)27-8-5-9-28-4/h6-7,10-13H,5,8-9H2,1-4H3,(H,24,25,26). The van der Waals surface area contributed by atoms with Gasteiger partial charge in [-0.2, -0.15) is 11.8 Å². The van der Waals surface area contributed by atoms with Crippen LogP contribution in [-0.2, 0) is 0 Å². The molecule has 0 spiro atoms. The van der Waals surface area contributed by atoms with E-state index in [-0.39, 0.29) is 11.5 Å². The van der Waals surface area contributed by atoms with Gasteiger partial charge in [-0.15, -0.1) is 0 Å². The molecule has 28 heavy (non-hydrogen) atoms. The average Bonchev–Trinajstić information content (AvgIpc) is 2.65. The average molecular weight is 417 g/mol. The fourth-order valence-corrected chi connectivity index (χ4v) is 3.79. The second kappa shape index (κ2) is 9.01. The summed E-state index contributed by atoms with van der Waals surface area (Å²) in [7, 11) is 0. The number of nitrogens with zero attached hydrogens (tertiary/aromatic N) is 1. The summed E-state index contributed by atoms with van der Waals surface area (Å²) >= 11 is 8.14. The Kier molecular flexibility index (Phi) is 6.68. The minimum Gasteiger partial charge on any atom is -0.492 e. The van der Waals surface area contributed by atoms with Crippen LogP contribution in [0.2, 0.25) is 5.02 Å². The Morgan fingerprint density at radius 3 is 2.75 bits per heavy atom. The molecular weight excluding hydrogens is 392 g/mol. The highest BCUT2D eigenvalue weighted by Crippen LogP contribution is 2.36. The molecule has 0 unspecified atom stereocenters. The summed E-state index contributed by atoms with van der Waals surface area (Å²) in [5, 5.41) is 1.18. The molecule has 0 atom stereocenters. The Balaban J connectivity index is 2.09. The molecule has 2 aromatic carbocycles. The number of benzene rings is 2. The van der Waals surface area contributed by atoms with E-state index in [1.165, 1.54) is 0 Å². The summed E-state index contributed by atoms with van der Waals surface area (Å²) in [4.78, 5) is 19.7. The van der Waals surface area contributed by atoms with E-state index in [1.807, 2.05) is 30.3 Å². The van der Waals surface area contributed by atoms with Gasteiger partial charge in [0, 0.05) is 0 Å². The molecule has 1 N–H and O–H groups in total. The van der Waals surface area contributed by atoms with Crippen LogP contribution in [0.25, 0.3) is 22.0 Å². The summed E-state index contributed by atoms with van der Waals surface area (Å²) in [6.07, 6.45) is 3.05. The largest absolute Gasteiger partial charge is 0.492 e. The van der Waals surface area contributed by atoms with Crippen molar-refractivity contribution in [1.82, 2.24) is 9.97 Å². The third-order valence-electron chi connectivity index (χ3n) is 4.61. The van der Waals surface area contributed by atoms with Crippen LogP contribution >= 0.6 is 23.4 Å². The maximum Gasteiger partial charge on any atom is 0.258 e. The summed E-state index contributed by atoms with van der Waals surface area (Å²) in [5.41, 5.74) is 3.72. The lowest BCUT2D eigenvalue weighted by Gasteiger charge is -2.16. The van der Waals surface area contributed by atoms with E-state index in [2.05, 4.69) is 30.1 Å². The van der Waals surface area contributed by atoms with Crippen LogP contribution in [0.15, 0.2) is 35.1 Å². The Hall–Kier alpha value is -1.98. The van der Waals surface area contributed by atoms with E-state index in [0.29, 0.717) is 28.6 Å². The maximum absolute atomic E-state index is 12.4. The number of fused-ring (bicyclic) bond motifs is 1. The van der Waals surface area contributed by atoms with Gasteiger partial charge in [-0.1, -0.05) is 31.5 Å². The summed E-state index contributed by atoms with van der Waals surface area (Å²) in [5.74, 6) is 2.62. The third kappa shape index (κ3) is 4.53. The number of hydrogen-bond donors (Lipinski definition) is 1. The molecule has 0 radical (unpaired) electrons. The molecule has 148 valence electrons. The summed E-state index contributed by atoms with van der Waals surface area (Å²) in [6, 6.07) is 9.73. The van der Waals surface area contributed by atoms with Crippen LogP contribution < -0.4 is 10.3 Å².